The van der Waals surface area contributed by atoms with Crippen molar-refractivity contribution in [1.82, 2.24) is 4.90 Å². The van der Waals surface area contributed by atoms with E-state index in [4.69, 9.17) is 15.6 Å². The molecule has 0 radical (unpaired) electrons. The lowest BCUT2D eigenvalue weighted by atomic mass is 9.90. The summed E-state index contributed by atoms with van der Waals surface area (Å²) in [6.07, 6.45) is -5.08. The number of carboxylic acid groups (broad SMARTS) is 1. The van der Waals surface area contributed by atoms with Crippen LogP contribution in [0.25, 0.3) is 0 Å². The number of alkyl halides is 3. The summed E-state index contributed by atoms with van der Waals surface area (Å²) in [5, 5.41) is 7.12. The molecule has 0 spiro atoms. The Morgan fingerprint density at radius 2 is 1.52 bits per heavy atom. The van der Waals surface area contributed by atoms with Gasteiger partial charge in [-0.05, 0) is 26.6 Å². The smallest absolute Gasteiger partial charge is 0.475 e. The van der Waals surface area contributed by atoms with Gasteiger partial charge in [0.25, 0.3) is 0 Å². The number of amides is 1. The van der Waals surface area contributed by atoms with E-state index in [0.717, 1.165) is 5.56 Å². The molecule has 1 amide bonds. The number of primary amides is 1. The average molecular weight is 306 g/mol. The number of nitrogens with two attached hydrogens (primary N) is 1. The number of hydrogen-bond donors (Lipinski definition) is 2. The summed E-state index contributed by atoms with van der Waals surface area (Å²) in [5.74, 6) is -3.10. The molecular formula is C13H17F3N2O3. The van der Waals surface area contributed by atoms with Crippen LogP contribution in [0, 0.1) is 0 Å². The number of aliphatic carboxylic acids is 1. The van der Waals surface area contributed by atoms with Gasteiger partial charge in [0.15, 0.2) is 0 Å². The van der Waals surface area contributed by atoms with E-state index in [2.05, 4.69) is 0 Å². The molecule has 118 valence electrons. The molecule has 1 aromatic carbocycles. The second kappa shape index (κ2) is 7.07. The van der Waals surface area contributed by atoms with Crippen molar-refractivity contribution in [2.45, 2.75) is 18.6 Å². The number of carboxylic acids is 1. The largest absolute Gasteiger partial charge is 0.490 e. The number of likely N-dealkylation sites (N-methyl/N-ethyl adjacent to an activating group) is 1. The van der Waals surface area contributed by atoms with Gasteiger partial charge >= 0.3 is 12.1 Å². The van der Waals surface area contributed by atoms with E-state index < -0.39 is 17.7 Å². The lowest BCUT2D eigenvalue weighted by Gasteiger charge is -2.33. The van der Waals surface area contributed by atoms with Gasteiger partial charge in [0.1, 0.15) is 5.54 Å². The molecule has 1 unspecified atom stereocenters. The van der Waals surface area contributed by atoms with Crippen molar-refractivity contribution in [3.05, 3.63) is 35.9 Å². The van der Waals surface area contributed by atoms with Crippen LogP contribution >= 0.6 is 0 Å². The Morgan fingerprint density at radius 1 is 1.14 bits per heavy atom. The van der Waals surface area contributed by atoms with Crippen LogP contribution in [0.2, 0.25) is 0 Å². The third-order valence-electron chi connectivity index (χ3n) is 2.95. The van der Waals surface area contributed by atoms with Gasteiger partial charge in [0.05, 0.1) is 0 Å². The fraction of sp³-hybridized carbons (Fsp3) is 0.385. The van der Waals surface area contributed by atoms with Gasteiger partial charge in [-0.1, -0.05) is 30.3 Å². The van der Waals surface area contributed by atoms with Crippen molar-refractivity contribution in [3.8, 4) is 0 Å². The van der Waals surface area contributed by atoms with Crippen molar-refractivity contribution in [2.24, 2.45) is 5.73 Å². The van der Waals surface area contributed by atoms with E-state index in [1.807, 2.05) is 56.3 Å². The van der Waals surface area contributed by atoms with E-state index in [-0.39, 0.29) is 5.91 Å². The van der Waals surface area contributed by atoms with Crippen LogP contribution in [-0.2, 0) is 15.1 Å². The lowest BCUT2D eigenvalue weighted by molar-refractivity contribution is -0.192. The van der Waals surface area contributed by atoms with Crippen molar-refractivity contribution in [3.63, 3.8) is 0 Å². The molecule has 0 saturated heterocycles. The quantitative estimate of drug-likeness (QED) is 0.888. The first-order valence-electron chi connectivity index (χ1n) is 5.77. The van der Waals surface area contributed by atoms with E-state index in [1.165, 1.54) is 0 Å². The predicted molar refractivity (Wildman–Crippen MR) is 70.4 cm³/mol. The summed E-state index contributed by atoms with van der Waals surface area (Å²) >= 11 is 0. The summed E-state index contributed by atoms with van der Waals surface area (Å²) in [5.41, 5.74) is 5.60. The number of rotatable bonds is 3. The summed E-state index contributed by atoms with van der Waals surface area (Å²) < 4.78 is 31.7. The number of benzene rings is 1. The maximum Gasteiger partial charge on any atom is 0.490 e. The molecule has 0 aromatic heterocycles. The van der Waals surface area contributed by atoms with Crippen molar-refractivity contribution in [2.75, 3.05) is 14.1 Å². The van der Waals surface area contributed by atoms with Crippen molar-refractivity contribution in [1.29, 1.82) is 0 Å². The van der Waals surface area contributed by atoms with Gasteiger partial charge in [-0.15, -0.1) is 0 Å². The number of halogens is 3. The maximum absolute atomic E-state index is 11.4. The van der Waals surface area contributed by atoms with Gasteiger partial charge < -0.3 is 10.8 Å². The molecule has 0 aliphatic rings. The van der Waals surface area contributed by atoms with Crippen molar-refractivity contribution >= 4 is 11.9 Å². The fourth-order valence-corrected chi connectivity index (χ4v) is 1.38. The second-order valence-corrected chi connectivity index (χ2v) is 4.50. The molecule has 1 aromatic rings. The SMILES string of the molecule is CN(C)C(C)(C(N)=O)c1ccccc1.O=C(O)C(F)(F)F. The van der Waals surface area contributed by atoms with Gasteiger partial charge in [-0.3, -0.25) is 9.69 Å². The molecule has 0 fully saturated rings. The van der Waals surface area contributed by atoms with Gasteiger partial charge in [0.2, 0.25) is 5.91 Å². The number of nitrogens with zero attached hydrogens (tertiary/aromatic N) is 1. The third kappa shape index (κ3) is 5.07. The van der Waals surface area contributed by atoms with E-state index in [9.17, 15) is 18.0 Å². The van der Waals surface area contributed by atoms with Crippen LogP contribution < -0.4 is 5.73 Å². The molecule has 3 N–H and O–H groups in total. The highest BCUT2D eigenvalue weighted by Gasteiger charge is 2.38. The van der Waals surface area contributed by atoms with Gasteiger partial charge in [-0.25, -0.2) is 4.79 Å². The first kappa shape index (κ1) is 18.9. The molecule has 21 heavy (non-hydrogen) atoms. The Morgan fingerprint density at radius 3 is 1.76 bits per heavy atom. The topological polar surface area (TPSA) is 83.6 Å². The van der Waals surface area contributed by atoms with Crippen molar-refractivity contribution < 1.29 is 27.9 Å². The zero-order valence-corrected chi connectivity index (χ0v) is 11.8. The monoisotopic (exact) mass is 306 g/mol. The predicted octanol–water partition coefficient (Wildman–Crippen LogP) is 1.58. The summed E-state index contributed by atoms with van der Waals surface area (Å²) in [6, 6.07) is 9.54. The molecule has 0 saturated carbocycles. The maximum atomic E-state index is 11.4. The summed E-state index contributed by atoms with van der Waals surface area (Å²) in [6.45, 7) is 1.82. The minimum absolute atomic E-state index is 0.339. The Labute approximate surface area is 120 Å². The molecule has 0 aliphatic carbocycles. The highest BCUT2D eigenvalue weighted by atomic mass is 19.4. The number of carbonyl (C=O) groups excluding carboxylic acids is 1. The lowest BCUT2D eigenvalue weighted by Crippen LogP contribution is -2.49. The first-order chi connectivity index (χ1) is 9.44. The Balaban J connectivity index is 0.000000486. The average Bonchev–Trinajstić information content (AvgIpc) is 2.37. The normalized spacial score (nSPS) is 13.9. The fourth-order valence-electron chi connectivity index (χ4n) is 1.38. The standard InChI is InChI=1S/C11H16N2O.C2HF3O2/c1-11(10(12)14,13(2)3)9-7-5-4-6-8-9;3-2(4,5)1(6)7/h4-8H,1-3H3,(H2,12,14);(H,6,7). The first-order valence-corrected chi connectivity index (χ1v) is 5.77. The Hall–Kier alpha value is -2.09. The molecule has 1 atom stereocenters. The molecule has 0 heterocycles. The molecule has 0 aliphatic heterocycles. The highest BCUT2D eigenvalue weighted by Crippen LogP contribution is 2.25. The van der Waals surface area contributed by atoms with Gasteiger partial charge in [-0.2, -0.15) is 13.2 Å². The number of hydrogen-bond acceptors (Lipinski definition) is 3. The third-order valence-corrected chi connectivity index (χ3v) is 2.95. The highest BCUT2D eigenvalue weighted by molar-refractivity contribution is 5.85. The van der Waals surface area contributed by atoms with Crippen LogP contribution in [0.3, 0.4) is 0 Å². The zero-order chi connectivity index (χ0) is 16.8. The molecular weight excluding hydrogens is 289 g/mol. The van der Waals surface area contributed by atoms with Crippen LogP contribution in [0.15, 0.2) is 30.3 Å². The minimum atomic E-state index is -5.08. The van der Waals surface area contributed by atoms with Crippen LogP contribution in [0.5, 0.6) is 0 Å². The van der Waals surface area contributed by atoms with Gasteiger partial charge in [0, 0.05) is 0 Å². The van der Waals surface area contributed by atoms with E-state index in [1.54, 1.807) is 0 Å². The number of carbonyl (C=O) groups is 2. The van der Waals surface area contributed by atoms with E-state index >= 15 is 0 Å². The van der Waals surface area contributed by atoms with Crippen LogP contribution in [-0.4, -0.2) is 42.2 Å². The minimum Gasteiger partial charge on any atom is -0.475 e. The molecule has 1 rings (SSSR count). The zero-order valence-electron chi connectivity index (χ0n) is 11.8. The molecule has 0 bridgehead atoms. The Kier molecular flexibility index (Phi) is 6.37. The Bertz CT molecular complexity index is 489. The summed E-state index contributed by atoms with van der Waals surface area (Å²) in [4.78, 5) is 22.2. The van der Waals surface area contributed by atoms with Crippen LogP contribution in [0.4, 0.5) is 13.2 Å². The summed E-state index contributed by atoms with van der Waals surface area (Å²) in [7, 11) is 3.69. The molecule has 8 heteroatoms. The van der Waals surface area contributed by atoms with E-state index in [0.29, 0.717) is 0 Å². The van der Waals surface area contributed by atoms with Crippen LogP contribution in [0.1, 0.15) is 12.5 Å². The second-order valence-electron chi connectivity index (χ2n) is 4.50. The molecule has 5 nitrogen and oxygen atoms in total.